The molecule has 0 saturated carbocycles. The van der Waals surface area contributed by atoms with Crippen molar-refractivity contribution in [3.63, 3.8) is 0 Å². The van der Waals surface area contributed by atoms with E-state index in [-0.39, 0.29) is 0 Å². The molecule has 0 unspecified atom stereocenters. The first-order valence-corrected chi connectivity index (χ1v) is 4.56. The van der Waals surface area contributed by atoms with Crippen molar-refractivity contribution >= 4 is 23.6 Å². The summed E-state index contributed by atoms with van der Waals surface area (Å²) in [4.78, 5) is 14.7. The summed E-state index contributed by atoms with van der Waals surface area (Å²) < 4.78 is 0. The quantitative estimate of drug-likeness (QED) is 0.782. The van der Waals surface area contributed by atoms with E-state index < -0.39 is 5.97 Å². The molecule has 0 radical (unpaired) electrons. The number of hydrogen-bond acceptors (Lipinski definition) is 2. The fourth-order valence-corrected chi connectivity index (χ4v) is 1.08. The predicted molar refractivity (Wildman–Crippen MR) is 55.2 cm³/mol. The molecule has 0 saturated heterocycles. The molecule has 1 heterocycles. The first kappa shape index (κ1) is 10.7. The zero-order valence-electron chi connectivity index (χ0n) is 7.70. The Bertz CT molecular complexity index is 357. The van der Waals surface area contributed by atoms with Crippen LogP contribution in [0.2, 0.25) is 5.02 Å². The van der Waals surface area contributed by atoms with Gasteiger partial charge in [0, 0.05) is 11.8 Å². The lowest BCUT2D eigenvalue weighted by Gasteiger charge is -1.97. The molecule has 0 aromatic carbocycles. The van der Waals surface area contributed by atoms with Crippen LogP contribution in [0.5, 0.6) is 0 Å². The molecule has 74 valence electrons. The molecule has 0 fully saturated rings. The van der Waals surface area contributed by atoms with E-state index in [9.17, 15) is 4.79 Å². The standard InChI is InChI=1S/C10H10ClNO2/c1-2-7(10(13)14)5-9-4-3-8(11)6-12-9/h3-6H,2H2,1H3,(H,13,14)/b7-5+. The molecule has 0 aliphatic rings. The minimum Gasteiger partial charge on any atom is -0.478 e. The Morgan fingerprint density at radius 1 is 1.64 bits per heavy atom. The lowest BCUT2D eigenvalue weighted by molar-refractivity contribution is -0.132. The number of aliphatic carboxylic acids is 1. The summed E-state index contributed by atoms with van der Waals surface area (Å²) in [7, 11) is 0. The number of nitrogens with zero attached hydrogens (tertiary/aromatic N) is 1. The molecule has 0 aliphatic heterocycles. The van der Waals surface area contributed by atoms with Crippen molar-refractivity contribution in [1.82, 2.24) is 4.98 Å². The fourth-order valence-electron chi connectivity index (χ4n) is 0.966. The van der Waals surface area contributed by atoms with Crippen molar-refractivity contribution < 1.29 is 9.90 Å². The van der Waals surface area contributed by atoms with Crippen molar-refractivity contribution in [3.8, 4) is 0 Å². The molecule has 0 amide bonds. The normalized spacial score (nSPS) is 11.4. The van der Waals surface area contributed by atoms with Gasteiger partial charge in [0.25, 0.3) is 0 Å². The van der Waals surface area contributed by atoms with Gasteiger partial charge in [-0.3, -0.25) is 4.98 Å². The van der Waals surface area contributed by atoms with Crippen LogP contribution in [0.4, 0.5) is 0 Å². The summed E-state index contributed by atoms with van der Waals surface area (Å²) in [5.74, 6) is -0.913. The lowest BCUT2D eigenvalue weighted by atomic mass is 10.1. The van der Waals surface area contributed by atoms with Crippen LogP contribution >= 0.6 is 11.6 Å². The van der Waals surface area contributed by atoms with Crippen LogP contribution in [-0.4, -0.2) is 16.1 Å². The predicted octanol–water partition coefficient (Wildman–Crippen LogP) is 2.61. The van der Waals surface area contributed by atoms with Crippen LogP contribution in [0.15, 0.2) is 23.9 Å². The Balaban J connectivity index is 2.95. The van der Waals surface area contributed by atoms with Gasteiger partial charge in [-0.15, -0.1) is 0 Å². The van der Waals surface area contributed by atoms with E-state index >= 15 is 0 Å². The lowest BCUT2D eigenvalue weighted by Crippen LogP contribution is -1.99. The van der Waals surface area contributed by atoms with E-state index in [0.29, 0.717) is 22.7 Å². The summed E-state index contributed by atoms with van der Waals surface area (Å²) in [6.07, 6.45) is 3.50. The van der Waals surface area contributed by atoms with E-state index in [1.165, 1.54) is 6.20 Å². The Morgan fingerprint density at radius 3 is 2.79 bits per heavy atom. The van der Waals surface area contributed by atoms with Crippen molar-refractivity contribution in [2.75, 3.05) is 0 Å². The summed E-state index contributed by atoms with van der Waals surface area (Å²) in [5.41, 5.74) is 0.938. The molecule has 1 aromatic rings. The third kappa shape index (κ3) is 2.85. The molecule has 3 nitrogen and oxygen atoms in total. The molecule has 4 heteroatoms. The van der Waals surface area contributed by atoms with Crippen molar-refractivity contribution in [3.05, 3.63) is 34.6 Å². The van der Waals surface area contributed by atoms with E-state index in [1.54, 1.807) is 25.1 Å². The van der Waals surface area contributed by atoms with Crippen LogP contribution in [0.3, 0.4) is 0 Å². The van der Waals surface area contributed by atoms with Crippen molar-refractivity contribution in [2.45, 2.75) is 13.3 Å². The van der Waals surface area contributed by atoms with E-state index in [2.05, 4.69) is 4.98 Å². The maximum atomic E-state index is 10.7. The summed E-state index contributed by atoms with van der Waals surface area (Å²) in [6, 6.07) is 3.36. The van der Waals surface area contributed by atoms with Gasteiger partial charge in [0.15, 0.2) is 0 Å². The topological polar surface area (TPSA) is 50.2 Å². The third-order valence-electron chi connectivity index (χ3n) is 1.73. The van der Waals surface area contributed by atoms with Gasteiger partial charge in [0.05, 0.1) is 10.7 Å². The minimum absolute atomic E-state index is 0.333. The largest absolute Gasteiger partial charge is 0.478 e. The maximum absolute atomic E-state index is 10.7. The molecule has 0 atom stereocenters. The summed E-state index contributed by atoms with van der Waals surface area (Å²) in [6.45, 7) is 1.79. The third-order valence-corrected chi connectivity index (χ3v) is 1.95. The number of carboxylic acid groups (broad SMARTS) is 1. The Morgan fingerprint density at radius 2 is 2.36 bits per heavy atom. The van der Waals surface area contributed by atoms with Gasteiger partial charge in [-0.2, -0.15) is 0 Å². The van der Waals surface area contributed by atoms with E-state index in [1.807, 2.05) is 0 Å². The number of rotatable bonds is 3. The number of pyridine rings is 1. The number of halogens is 1. The van der Waals surface area contributed by atoms with E-state index in [0.717, 1.165) is 0 Å². The Hall–Kier alpha value is -1.35. The van der Waals surface area contributed by atoms with Gasteiger partial charge in [0.1, 0.15) is 0 Å². The second kappa shape index (κ2) is 4.77. The molecule has 1 aromatic heterocycles. The molecule has 0 aliphatic carbocycles. The first-order chi connectivity index (χ1) is 6.63. The molecular weight excluding hydrogens is 202 g/mol. The zero-order chi connectivity index (χ0) is 10.6. The molecule has 0 spiro atoms. The van der Waals surface area contributed by atoms with Gasteiger partial charge < -0.3 is 5.11 Å². The molecule has 1 rings (SSSR count). The number of aromatic nitrogens is 1. The van der Waals surface area contributed by atoms with Crippen molar-refractivity contribution in [1.29, 1.82) is 0 Å². The molecular formula is C10H10ClNO2. The number of carbonyl (C=O) groups is 1. The van der Waals surface area contributed by atoms with Gasteiger partial charge in [-0.05, 0) is 24.6 Å². The fraction of sp³-hybridized carbons (Fsp3) is 0.200. The molecule has 14 heavy (non-hydrogen) atoms. The smallest absolute Gasteiger partial charge is 0.331 e. The van der Waals surface area contributed by atoms with Crippen LogP contribution in [0.25, 0.3) is 6.08 Å². The Kier molecular flexibility index (Phi) is 3.65. The van der Waals surface area contributed by atoms with Crippen LogP contribution in [-0.2, 0) is 4.79 Å². The first-order valence-electron chi connectivity index (χ1n) is 4.19. The highest BCUT2D eigenvalue weighted by molar-refractivity contribution is 6.30. The average molecular weight is 212 g/mol. The van der Waals surface area contributed by atoms with Crippen LogP contribution < -0.4 is 0 Å². The second-order valence-electron chi connectivity index (χ2n) is 2.73. The maximum Gasteiger partial charge on any atom is 0.331 e. The number of hydrogen-bond donors (Lipinski definition) is 1. The van der Waals surface area contributed by atoms with Crippen LogP contribution in [0.1, 0.15) is 19.0 Å². The monoisotopic (exact) mass is 211 g/mol. The highest BCUT2D eigenvalue weighted by Crippen LogP contribution is 2.11. The van der Waals surface area contributed by atoms with Crippen molar-refractivity contribution in [2.24, 2.45) is 0 Å². The van der Waals surface area contributed by atoms with Gasteiger partial charge in [0.2, 0.25) is 0 Å². The van der Waals surface area contributed by atoms with Gasteiger partial charge >= 0.3 is 5.97 Å². The highest BCUT2D eigenvalue weighted by Gasteiger charge is 2.04. The highest BCUT2D eigenvalue weighted by atomic mass is 35.5. The van der Waals surface area contributed by atoms with Crippen LogP contribution in [0, 0.1) is 0 Å². The second-order valence-corrected chi connectivity index (χ2v) is 3.17. The summed E-state index contributed by atoms with van der Waals surface area (Å²) in [5, 5.41) is 9.30. The number of carboxylic acids is 1. The SMILES string of the molecule is CC/C(=C\c1ccc(Cl)cn1)C(=O)O. The minimum atomic E-state index is -0.913. The van der Waals surface area contributed by atoms with E-state index in [4.69, 9.17) is 16.7 Å². The average Bonchev–Trinajstić information content (AvgIpc) is 2.16. The van der Waals surface area contributed by atoms with Gasteiger partial charge in [-0.1, -0.05) is 18.5 Å². The zero-order valence-corrected chi connectivity index (χ0v) is 8.45. The molecule has 1 N–H and O–H groups in total. The summed E-state index contributed by atoms with van der Waals surface area (Å²) >= 11 is 5.65. The Labute approximate surface area is 87.0 Å². The molecule has 0 bridgehead atoms. The van der Waals surface area contributed by atoms with Gasteiger partial charge in [-0.25, -0.2) is 4.79 Å².